The quantitative estimate of drug-likeness (QED) is 0.748. The molecule has 1 aliphatic carbocycles. The molecule has 3 nitrogen and oxygen atoms in total. The molecule has 1 heterocycles. The van der Waals surface area contributed by atoms with Crippen molar-refractivity contribution < 1.29 is 4.79 Å². The van der Waals surface area contributed by atoms with Crippen LogP contribution in [0.1, 0.15) is 38.5 Å². The van der Waals surface area contributed by atoms with Gasteiger partial charge in [0.1, 0.15) is 5.78 Å². The van der Waals surface area contributed by atoms with E-state index >= 15 is 0 Å². The highest BCUT2D eigenvalue weighted by Gasteiger charge is 2.27. The van der Waals surface area contributed by atoms with Crippen LogP contribution in [-0.4, -0.2) is 55.4 Å². The summed E-state index contributed by atoms with van der Waals surface area (Å²) in [7, 11) is 4.40. The third-order valence-electron chi connectivity index (χ3n) is 4.50. The third-order valence-corrected chi connectivity index (χ3v) is 4.50. The number of rotatable bonds is 3. The molecule has 2 fully saturated rings. The van der Waals surface area contributed by atoms with Crippen LogP contribution in [0, 0.1) is 5.92 Å². The van der Waals surface area contributed by atoms with Gasteiger partial charge in [0.15, 0.2) is 0 Å². The standard InChI is InChI=1S/C14H26N2O/c1-15-9-7-13(8-10-15)16(2)11-12-5-3-4-6-14(12)17/h12-13H,3-11H2,1-2H3. The Kier molecular flexibility index (Phi) is 4.57. The number of ketones is 1. The maximum Gasteiger partial charge on any atom is 0.137 e. The van der Waals surface area contributed by atoms with Crippen LogP contribution in [0.5, 0.6) is 0 Å². The Morgan fingerprint density at radius 1 is 1.24 bits per heavy atom. The smallest absolute Gasteiger partial charge is 0.137 e. The maximum absolute atomic E-state index is 11.8. The summed E-state index contributed by atoms with van der Waals surface area (Å²) in [6, 6.07) is 0.695. The van der Waals surface area contributed by atoms with Gasteiger partial charge in [-0.2, -0.15) is 0 Å². The lowest BCUT2D eigenvalue weighted by Gasteiger charge is -2.37. The topological polar surface area (TPSA) is 23.6 Å². The number of Topliss-reactive ketones (excluding diaryl/α,β-unsaturated/α-hetero) is 1. The molecule has 1 saturated heterocycles. The summed E-state index contributed by atoms with van der Waals surface area (Å²) in [5, 5.41) is 0. The molecule has 3 heteroatoms. The van der Waals surface area contributed by atoms with Crippen molar-refractivity contribution >= 4 is 5.78 Å². The zero-order valence-corrected chi connectivity index (χ0v) is 11.3. The van der Waals surface area contributed by atoms with Crippen molar-refractivity contribution in [3.63, 3.8) is 0 Å². The zero-order valence-electron chi connectivity index (χ0n) is 11.3. The van der Waals surface area contributed by atoms with Gasteiger partial charge in [-0.15, -0.1) is 0 Å². The van der Waals surface area contributed by atoms with E-state index in [0.29, 0.717) is 17.7 Å². The first-order chi connectivity index (χ1) is 8.16. The minimum absolute atomic E-state index is 0.327. The maximum atomic E-state index is 11.8. The van der Waals surface area contributed by atoms with Crippen LogP contribution in [-0.2, 0) is 4.79 Å². The van der Waals surface area contributed by atoms with Gasteiger partial charge in [0, 0.05) is 24.9 Å². The van der Waals surface area contributed by atoms with Gasteiger partial charge in [-0.3, -0.25) is 4.79 Å². The largest absolute Gasteiger partial charge is 0.306 e. The molecule has 0 amide bonds. The Morgan fingerprint density at radius 3 is 2.59 bits per heavy atom. The Labute approximate surface area is 105 Å². The van der Waals surface area contributed by atoms with E-state index in [9.17, 15) is 4.79 Å². The van der Waals surface area contributed by atoms with Crippen molar-refractivity contribution in [3.05, 3.63) is 0 Å². The zero-order chi connectivity index (χ0) is 12.3. The number of carbonyl (C=O) groups is 1. The molecule has 2 aliphatic rings. The molecule has 0 aromatic heterocycles. The molecular formula is C14H26N2O. The average molecular weight is 238 g/mol. The van der Waals surface area contributed by atoms with Gasteiger partial charge in [0.05, 0.1) is 0 Å². The van der Waals surface area contributed by atoms with Crippen LogP contribution >= 0.6 is 0 Å². The SMILES string of the molecule is CN1CCC(N(C)CC2CCCCC2=O)CC1. The summed E-state index contributed by atoms with van der Waals surface area (Å²) in [6.07, 6.45) is 6.83. The van der Waals surface area contributed by atoms with E-state index in [4.69, 9.17) is 0 Å². The summed E-state index contributed by atoms with van der Waals surface area (Å²) in [4.78, 5) is 16.7. The fourth-order valence-electron chi connectivity index (χ4n) is 3.18. The molecule has 98 valence electrons. The van der Waals surface area contributed by atoms with Crippen molar-refractivity contribution in [2.75, 3.05) is 33.7 Å². The number of likely N-dealkylation sites (tertiary alicyclic amines) is 1. The first kappa shape index (κ1) is 13.0. The van der Waals surface area contributed by atoms with Crippen molar-refractivity contribution in [1.82, 2.24) is 9.80 Å². The summed E-state index contributed by atoms with van der Waals surface area (Å²) < 4.78 is 0. The molecular weight excluding hydrogens is 212 g/mol. The van der Waals surface area contributed by atoms with Gasteiger partial charge in [-0.25, -0.2) is 0 Å². The summed E-state index contributed by atoms with van der Waals surface area (Å²) in [5.41, 5.74) is 0. The van der Waals surface area contributed by atoms with E-state index in [1.807, 2.05) is 0 Å². The lowest BCUT2D eigenvalue weighted by molar-refractivity contribution is -0.125. The fraction of sp³-hybridized carbons (Fsp3) is 0.929. The van der Waals surface area contributed by atoms with E-state index in [-0.39, 0.29) is 0 Å². The minimum Gasteiger partial charge on any atom is -0.306 e. The summed E-state index contributed by atoms with van der Waals surface area (Å²) in [5.74, 6) is 0.837. The van der Waals surface area contributed by atoms with Crippen LogP contribution in [0.3, 0.4) is 0 Å². The lowest BCUT2D eigenvalue weighted by atomic mass is 9.87. The third kappa shape index (κ3) is 3.52. The predicted octanol–water partition coefficient (Wildman–Crippen LogP) is 1.77. The van der Waals surface area contributed by atoms with Crippen LogP contribution in [0.15, 0.2) is 0 Å². The van der Waals surface area contributed by atoms with Crippen molar-refractivity contribution in [2.45, 2.75) is 44.6 Å². The summed E-state index contributed by atoms with van der Waals surface area (Å²) >= 11 is 0. The molecule has 0 aromatic carbocycles. The number of nitrogens with zero attached hydrogens (tertiary/aromatic N) is 2. The van der Waals surface area contributed by atoms with E-state index in [2.05, 4.69) is 23.9 Å². The second kappa shape index (κ2) is 5.96. The minimum atomic E-state index is 0.327. The molecule has 1 saturated carbocycles. The van der Waals surface area contributed by atoms with Crippen LogP contribution in [0.4, 0.5) is 0 Å². The van der Waals surface area contributed by atoms with Crippen LogP contribution in [0.2, 0.25) is 0 Å². The lowest BCUT2D eigenvalue weighted by Crippen LogP contribution is -2.44. The van der Waals surface area contributed by atoms with E-state index < -0.39 is 0 Å². The Balaban J connectivity index is 1.79. The molecule has 0 N–H and O–H groups in total. The van der Waals surface area contributed by atoms with Gasteiger partial charge in [-0.1, -0.05) is 6.42 Å². The number of hydrogen-bond acceptors (Lipinski definition) is 3. The monoisotopic (exact) mass is 238 g/mol. The van der Waals surface area contributed by atoms with E-state index in [1.54, 1.807) is 0 Å². The molecule has 17 heavy (non-hydrogen) atoms. The second-order valence-electron chi connectivity index (χ2n) is 5.88. The van der Waals surface area contributed by atoms with Crippen molar-refractivity contribution in [1.29, 1.82) is 0 Å². The highest BCUT2D eigenvalue weighted by Crippen LogP contribution is 2.23. The highest BCUT2D eigenvalue weighted by atomic mass is 16.1. The normalized spacial score (nSPS) is 28.9. The summed E-state index contributed by atoms with van der Waals surface area (Å²) in [6.45, 7) is 3.40. The second-order valence-corrected chi connectivity index (χ2v) is 5.88. The molecule has 0 radical (unpaired) electrons. The number of carbonyl (C=O) groups excluding carboxylic acids is 1. The fourth-order valence-corrected chi connectivity index (χ4v) is 3.18. The highest BCUT2D eigenvalue weighted by molar-refractivity contribution is 5.81. The van der Waals surface area contributed by atoms with E-state index in [0.717, 1.165) is 25.8 Å². The molecule has 1 atom stereocenters. The van der Waals surface area contributed by atoms with Crippen LogP contribution < -0.4 is 0 Å². The van der Waals surface area contributed by atoms with E-state index in [1.165, 1.54) is 32.4 Å². The number of piperidine rings is 1. The van der Waals surface area contributed by atoms with Gasteiger partial charge in [-0.05, 0) is 52.9 Å². The molecule has 1 aliphatic heterocycles. The molecule has 0 spiro atoms. The Bertz CT molecular complexity index is 259. The Hall–Kier alpha value is -0.410. The van der Waals surface area contributed by atoms with Crippen molar-refractivity contribution in [3.8, 4) is 0 Å². The van der Waals surface area contributed by atoms with Gasteiger partial charge < -0.3 is 9.80 Å². The average Bonchev–Trinajstić information content (AvgIpc) is 2.33. The number of hydrogen-bond donors (Lipinski definition) is 0. The van der Waals surface area contributed by atoms with Crippen molar-refractivity contribution in [2.24, 2.45) is 5.92 Å². The predicted molar refractivity (Wildman–Crippen MR) is 70.1 cm³/mol. The molecule has 0 aromatic rings. The van der Waals surface area contributed by atoms with Gasteiger partial charge in [0.25, 0.3) is 0 Å². The molecule has 2 rings (SSSR count). The first-order valence-electron chi connectivity index (χ1n) is 7.08. The van der Waals surface area contributed by atoms with Crippen LogP contribution in [0.25, 0.3) is 0 Å². The first-order valence-corrected chi connectivity index (χ1v) is 7.08. The Morgan fingerprint density at radius 2 is 1.94 bits per heavy atom. The van der Waals surface area contributed by atoms with Gasteiger partial charge >= 0.3 is 0 Å². The molecule has 0 bridgehead atoms. The van der Waals surface area contributed by atoms with Gasteiger partial charge in [0.2, 0.25) is 0 Å². The molecule has 1 unspecified atom stereocenters.